The lowest BCUT2D eigenvalue weighted by Crippen LogP contribution is -2.50. The van der Waals surface area contributed by atoms with Crippen LogP contribution in [0.5, 0.6) is 0 Å². The Morgan fingerprint density at radius 3 is 2.85 bits per heavy atom. The summed E-state index contributed by atoms with van der Waals surface area (Å²) in [4.78, 5) is 21.8. The van der Waals surface area contributed by atoms with E-state index in [2.05, 4.69) is 32.8 Å². The topological polar surface area (TPSA) is 71.3 Å². The van der Waals surface area contributed by atoms with Crippen LogP contribution in [0.2, 0.25) is 5.02 Å². The van der Waals surface area contributed by atoms with Crippen molar-refractivity contribution in [2.75, 3.05) is 5.32 Å². The summed E-state index contributed by atoms with van der Waals surface area (Å²) in [7, 11) is 0. The molecule has 2 atom stereocenters. The first kappa shape index (κ1) is 17.8. The van der Waals surface area contributed by atoms with Gasteiger partial charge in [-0.1, -0.05) is 35.9 Å². The lowest BCUT2D eigenvalue weighted by Gasteiger charge is -2.36. The minimum Gasteiger partial charge on any atom is -0.335 e. The van der Waals surface area contributed by atoms with E-state index in [4.69, 9.17) is 11.6 Å². The van der Waals surface area contributed by atoms with Gasteiger partial charge in [0.1, 0.15) is 6.17 Å². The quantitative estimate of drug-likeness (QED) is 0.794. The predicted octanol–water partition coefficient (Wildman–Crippen LogP) is 3.63. The Hall–Kier alpha value is -2.60. The first-order valence-electron chi connectivity index (χ1n) is 9.18. The van der Waals surface area contributed by atoms with Crippen molar-refractivity contribution in [2.24, 2.45) is 10.9 Å². The number of guanidine groups is 1. The number of allylic oxidation sites excluding steroid dienone is 2. The zero-order chi connectivity index (χ0) is 18.8. The maximum absolute atomic E-state index is 12.6. The lowest BCUT2D eigenvalue weighted by atomic mass is 9.91. The third kappa shape index (κ3) is 3.90. The second kappa shape index (κ2) is 7.56. The number of halogens is 1. The maximum Gasteiger partial charge on any atom is 0.256 e. The summed E-state index contributed by atoms with van der Waals surface area (Å²) in [6.45, 7) is 2.34. The summed E-state index contributed by atoms with van der Waals surface area (Å²) in [6, 6.07) is 9.21. The zero-order valence-corrected chi connectivity index (χ0v) is 15.9. The Balaban J connectivity index is 1.65. The van der Waals surface area contributed by atoms with Gasteiger partial charge >= 0.3 is 0 Å². The third-order valence-electron chi connectivity index (χ3n) is 4.96. The fraction of sp³-hybridized carbons (Fsp3) is 0.350. The number of nitrogens with one attached hydrogen (secondary N) is 2. The van der Waals surface area contributed by atoms with Crippen LogP contribution in [0, 0.1) is 12.8 Å². The molecule has 1 aliphatic heterocycles. The van der Waals surface area contributed by atoms with Crippen molar-refractivity contribution in [1.82, 2.24) is 14.9 Å². The molecule has 0 amide bonds. The monoisotopic (exact) mass is 383 g/mol. The van der Waals surface area contributed by atoms with Crippen molar-refractivity contribution >= 4 is 23.5 Å². The predicted molar refractivity (Wildman–Crippen MR) is 108 cm³/mol. The van der Waals surface area contributed by atoms with E-state index in [1.54, 1.807) is 10.6 Å². The largest absolute Gasteiger partial charge is 0.335 e. The van der Waals surface area contributed by atoms with Gasteiger partial charge in [0.05, 0.1) is 6.54 Å². The van der Waals surface area contributed by atoms with Gasteiger partial charge in [0.25, 0.3) is 5.56 Å². The van der Waals surface area contributed by atoms with E-state index in [0.29, 0.717) is 35.1 Å². The van der Waals surface area contributed by atoms with Crippen LogP contribution in [0.15, 0.2) is 52.3 Å². The van der Waals surface area contributed by atoms with Crippen LogP contribution in [-0.2, 0) is 6.54 Å². The van der Waals surface area contributed by atoms with Crippen LogP contribution < -0.4 is 16.2 Å². The van der Waals surface area contributed by atoms with E-state index in [1.165, 1.54) is 0 Å². The number of anilines is 1. The minimum atomic E-state index is -0.157. The van der Waals surface area contributed by atoms with Crippen LogP contribution in [0.1, 0.15) is 36.7 Å². The number of rotatable bonds is 3. The Bertz CT molecular complexity index is 948. The Kier molecular flexibility index (Phi) is 4.99. The molecule has 0 fully saturated rings. The second-order valence-electron chi connectivity index (χ2n) is 6.98. The van der Waals surface area contributed by atoms with Crippen LogP contribution in [-0.4, -0.2) is 15.5 Å². The first-order chi connectivity index (χ1) is 13.1. The fourth-order valence-electron chi connectivity index (χ4n) is 3.59. The molecule has 1 aliphatic carbocycles. The standard InChI is InChI=1S/C20H22ClN5O/c1-13-11-17(27)26-18(15-5-3-2-4-6-15)24-19(25-20(26)23-13)22-12-14-7-9-16(21)10-8-14/h2-3,7-11,15,18H,4-6,12H2,1H3,(H2,22,23,24,25)/t15-,18+/m0/s1. The number of hydrogen-bond donors (Lipinski definition) is 2. The highest BCUT2D eigenvalue weighted by Crippen LogP contribution is 2.30. The zero-order valence-electron chi connectivity index (χ0n) is 15.2. The van der Waals surface area contributed by atoms with Crippen LogP contribution in [0.3, 0.4) is 0 Å². The van der Waals surface area contributed by atoms with Gasteiger partial charge in [0.2, 0.25) is 5.95 Å². The first-order valence-corrected chi connectivity index (χ1v) is 9.55. The second-order valence-corrected chi connectivity index (χ2v) is 7.42. The van der Waals surface area contributed by atoms with Crippen LogP contribution in [0.4, 0.5) is 5.95 Å². The Morgan fingerprint density at radius 1 is 1.30 bits per heavy atom. The number of aromatic nitrogens is 2. The molecule has 2 aliphatic rings. The molecule has 2 N–H and O–H groups in total. The van der Waals surface area contributed by atoms with Crippen molar-refractivity contribution in [3.63, 3.8) is 0 Å². The van der Waals surface area contributed by atoms with Gasteiger partial charge in [0, 0.05) is 22.7 Å². The molecule has 0 saturated heterocycles. The van der Waals surface area contributed by atoms with Gasteiger partial charge in [0.15, 0.2) is 5.96 Å². The lowest BCUT2D eigenvalue weighted by molar-refractivity contribution is 0.276. The van der Waals surface area contributed by atoms with E-state index in [1.807, 2.05) is 31.2 Å². The summed E-state index contributed by atoms with van der Waals surface area (Å²) in [6.07, 6.45) is 7.21. The van der Waals surface area contributed by atoms with E-state index in [0.717, 1.165) is 24.8 Å². The number of aryl methyl sites for hydroxylation is 1. The van der Waals surface area contributed by atoms with Crippen molar-refractivity contribution in [3.05, 3.63) is 69.1 Å². The van der Waals surface area contributed by atoms with Crippen molar-refractivity contribution in [3.8, 4) is 0 Å². The molecular formula is C20H22ClN5O. The Labute approximate surface area is 163 Å². The number of fused-ring (bicyclic) bond motifs is 1. The summed E-state index contributed by atoms with van der Waals surface area (Å²) >= 11 is 5.94. The summed E-state index contributed by atoms with van der Waals surface area (Å²) in [5.41, 5.74) is 1.71. The average molecular weight is 384 g/mol. The average Bonchev–Trinajstić information content (AvgIpc) is 2.67. The minimum absolute atomic E-state index is 0.0474. The molecule has 27 heavy (non-hydrogen) atoms. The molecule has 1 aromatic carbocycles. The highest BCUT2D eigenvalue weighted by Gasteiger charge is 2.31. The number of aliphatic imine (C=N–C) groups is 1. The molecule has 2 aromatic rings. The summed E-state index contributed by atoms with van der Waals surface area (Å²) in [5, 5.41) is 7.31. The molecule has 7 heteroatoms. The van der Waals surface area contributed by atoms with E-state index < -0.39 is 0 Å². The number of hydrogen-bond acceptors (Lipinski definition) is 3. The van der Waals surface area contributed by atoms with Crippen molar-refractivity contribution in [2.45, 2.75) is 38.9 Å². The van der Waals surface area contributed by atoms with E-state index in [9.17, 15) is 4.79 Å². The summed E-state index contributed by atoms with van der Waals surface area (Å²) in [5.74, 6) is 1.51. The number of nitrogens with zero attached hydrogens (tertiary/aromatic N) is 3. The molecule has 4 rings (SSSR count). The molecule has 0 spiro atoms. The van der Waals surface area contributed by atoms with Crippen LogP contribution in [0.25, 0.3) is 0 Å². The smallest absolute Gasteiger partial charge is 0.256 e. The van der Waals surface area contributed by atoms with Gasteiger partial charge in [-0.15, -0.1) is 0 Å². The Morgan fingerprint density at radius 2 is 2.11 bits per heavy atom. The van der Waals surface area contributed by atoms with Gasteiger partial charge in [-0.05, 0) is 43.9 Å². The van der Waals surface area contributed by atoms with Gasteiger partial charge in [-0.3, -0.25) is 14.7 Å². The molecule has 6 nitrogen and oxygen atoms in total. The normalized spacial score (nSPS) is 22.8. The highest BCUT2D eigenvalue weighted by atomic mass is 35.5. The third-order valence-corrected chi connectivity index (χ3v) is 5.21. The summed E-state index contributed by atoms with van der Waals surface area (Å²) < 4.78 is 1.72. The maximum atomic E-state index is 12.6. The van der Waals surface area contributed by atoms with Gasteiger partial charge in [-0.2, -0.15) is 0 Å². The van der Waals surface area contributed by atoms with E-state index >= 15 is 0 Å². The molecule has 0 saturated carbocycles. The SMILES string of the molecule is Cc1cc(=O)n2c(n1)NC(=NCc1ccc(Cl)cc1)N[C@H]2[C@H]1CC=CCC1. The molecule has 2 heterocycles. The molecular weight excluding hydrogens is 362 g/mol. The van der Waals surface area contributed by atoms with Gasteiger partial charge < -0.3 is 5.32 Å². The fourth-order valence-corrected chi connectivity index (χ4v) is 3.71. The molecule has 1 aromatic heterocycles. The van der Waals surface area contributed by atoms with Crippen molar-refractivity contribution in [1.29, 1.82) is 0 Å². The molecule has 0 unspecified atom stereocenters. The highest BCUT2D eigenvalue weighted by molar-refractivity contribution is 6.30. The molecule has 0 radical (unpaired) electrons. The van der Waals surface area contributed by atoms with Crippen LogP contribution >= 0.6 is 11.6 Å². The molecule has 0 bridgehead atoms. The van der Waals surface area contributed by atoms with Gasteiger partial charge in [-0.25, -0.2) is 9.98 Å². The van der Waals surface area contributed by atoms with Crippen molar-refractivity contribution < 1.29 is 0 Å². The molecule has 140 valence electrons. The van der Waals surface area contributed by atoms with E-state index in [-0.39, 0.29) is 11.7 Å². The number of benzene rings is 1.